The lowest BCUT2D eigenvalue weighted by Gasteiger charge is -2.29. The summed E-state index contributed by atoms with van der Waals surface area (Å²) in [6, 6.07) is 16.6. The Balaban J connectivity index is 1.88. The number of benzene rings is 2. The molecule has 3 heteroatoms. The molecule has 1 heterocycles. The number of hydrogen-bond donors (Lipinski definition) is 0. The minimum absolute atomic E-state index is 0.771. The van der Waals surface area contributed by atoms with Crippen molar-refractivity contribution in [1.82, 2.24) is 0 Å². The van der Waals surface area contributed by atoms with Crippen LogP contribution in [0, 0.1) is 0 Å². The Morgan fingerprint density at radius 2 is 1.63 bits per heavy atom. The molecule has 2 aromatic rings. The summed E-state index contributed by atoms with van der Waals surface area (Å²) in [5.74, 6) is 0. The van der Waals surface area contributed by atoms with Gasteiger partial charge >= 0.3 is 0 Å². The molecule has 0 aliphatic carbocycles. The van der Waals surface area contributed by atoms with Crippen LogP contribution in [-0.2, 0) is 4.74 Å². The molecule has 0 bridgehead atoms. The first kappa shape index (κ1) is 12.5. The molecule has 1 saturated heterocycles. The fourth-order valence-electron chi connectivity index (χ4n) is 2.35. The van der Waals surface area contributed by atoms with Crippen molar-refractivity contribution >= 4 is 17.3 Å². The molecule has 0 spiro atoms. The van der Waals surface area contributed by atoms with E-state index >= 15 is 0 Å². The third kappa shape index (κ3) is 2.91. The van der Waals surface area contributed by atoms with Gasteiger partial charge in [0.1, 0.15) is 0 Å². The highest BCUT2D eigenvalue weighted by atomic mass is 35.5. The fraction of sp³-hybridized carbons (Fsp3) is 0.250. The molecule has 1 aliphatic heterocycles. The van der Waals surface area contributed by atoms with Crippen LogP contribution in [0.1, 0.15) is 0 Å². The van der Waals surface area contributed by atoms with E-state index in [1.165, 1.54) is 16.8 Å². The van der Waals surface area contributed by atoms with E-state index in [9.17, 15) is 0 Å². The van der Waals surface area contributed by atoms with Crippen LogP contribution in [0.3, 0.4) is 0 Å². The van der Waals surface area contributed by atoms with Crippen molar-refractivity contribution in [3.8, 4) is 11.1 Å². The SMILES string of the molecule is Clc1ccc(-c2cccc(N3CCOCC3)c2)cc1. The Kier molecular flexibility index (Phi) is 3.72. The van der Waals surface area contributed by atoms with Gasteiger partial charge in [0.25, 0.3) is 0 Å². The predicted octanol–water partition coefficient (Wildman–Crippen LogP) is 3.84. The summed E-state index contributed by atoms with van der Waals surface area (Å²) in [6.07, 6.45) is 0. The maximum Gasteiger partial charge on any atom is 0.0642 e. The van der Waals surface area contributed by atoms with Crippen molar-refractivity contribution in [2.45, 2.75) is 0 Å². The highest BCUT2D eigenvalue weighted by Crippen LogP contribution is 2.26. The number of hydrogen-bond acceptors (Lipinski definition) is 2. The zero-order valence-corrected chi connectivity index (χ0v) is 11.4. The highest BCUT2D eigenvalue weighted by molar-refractivity contribution is 6.30. The third-order valence-corrected chi connectivity index (χ3v) is 3.65. The summed E-state index contributed by atoms with van der Waals surface area (Å²) in [7, 11) is 0. The van der Waals surface area contributed by atoms with Crippen molar-refractivity contribution < 1.29 is 4.74 Å². The van der Waals surface area contributed by atoms with Gasteiger partial charge in [0.15, 0.2) is 0 Å². The van der Waals surface area contributed by atoms with Crippen LogP contribution in [0.15, 0.2) is 48.5 Å². The van der Waals surface area contributed by atoms with Crippen LogP contribution in [0.4, 0.5) is 5.69 Å². The summed E-state index contributed by atoms with van der Waals surface area (Å²) in [4.78, 5) is 2.36. The second kappa shape index (κ2) is 5.64. The Morgan fingerprint density at radius 3 is 2.37 bits per heavy atom. The third-order valence-electron chi connectivity index (χ3n) is 3.40. The summed E-state index contributed by atoms with van der Waals surface area (Å²) >= 11 is 5.93. The lowest BCUT2D eigenvalue weighted by Crippen LogP contribution is -2.36. The van der Waals surface area contributed by atoms with Gasteiger partial charge in [-0.2, -0.15) is 0 Å². The Morgan fingerprint density at radius 1 is 0.895 bits per heavy atom. The van der Waals surface area contributed by atoms with Gasteiger partial charge in [-0.15, -0.1) is 0 Å². The summed E-state index contributed by atoms with van der Waals surface area (Å²) in [5, 5.41) is 0.771. The summed E-state index contributed by atoms with van der Waals surface area (Å²) in [6.45, 7) is 3.55. The zero-order valence-electron chi connectivity index (χ0n) is 10.7. The van der Waals surface area contributed by atoms with Crippen LogP contribution < -0.4 is 4.90 Å². The van der Waals surface area contributed by atoms with Gasteiger partial charge in [-0.3, -0.25) is 0 Å². The molecule has 0 unspecified atom stereocenters. The van der Waals surface area contributed by atoms with E-state index in [1.807, 2.05) is 12.1 Å². The van der Waals surface area contributed by atoms with Crippen LogP contribution in [0.5, 0.6) is 0 Å². The topological polar surface area (TPSA) is 12.5 Å². The Bertz CT molecular complexity index is 547. The van der Waals surface area contributed by atoms with Crippen LogP contribution in [-0.4, -0.2) is 26.3 Å². The van der Waals surface area contributed by atoms with E-state index in [0.717, 1.165) is 31.3 Å². The van der Waals surface area contributed by atoms with Gasteiger partial charge in [-0.1, -0.05) is 35.9 Å². The fourth-order valence-corrected chi connectivity index (χ4v) is 2.47. The molecule has 0 radical (unpaired) electrons. The lowest BCUT2D eigenvalue weighted by atomic mass is 10.0. The average Bonchev–Trinajstić information content (AvgIpc) is 2.49. The maximum absolute atomic E-state index is 5.93. The lowest BCUT2D eigenvalue weighted by molar-refractivity contribution is 0.122. The number of halogens is 1. The molecule has 0 saturated carbocycles. The number of ether oxygens (including phenoxy) is 1. The molecule has 0 aromatic heterocycles. The highest BCUT2D eigenvalue weighted by Gasteiger charge is 2.11. The molecule has 2 nitrogen and oxygen atoms in total. The molecular formula is C16H16ClNO. The Labute approximate surface area is 118 Å². The second-order valence-corrected chi connectivity index (χ2v) is 5.09. The minimum atomic E-state index is 0.771. The molecule has 2 aromatic carbocycles. The summed E-state index contributed by atoms with van der Waals surface area (Å²) in [5.41, 5.74) is 3.68. The van der Waals surface area contributed by atoms with Crippen molar-refractivity contribution in [2.75, 3.05) is 31.2 Å². The molecule has 1 aliphatic rings. The van der Waals surface area contributed by atoms with Gasteiger partial charge in [0.05, 0.1) is 13.2 Å². The Hall–Kier alpha value is -1.51. The number of rotatable bonds is 2. The average molecular weight is 274 g/mol. The molecule has 0 N–H and O–H groups in total. The van der Waals surface area contributed by atoms with Gasteiger partial charge < -0.3 is 9.64 Å². The van der Waals surface area contributed by atoms with E-state index in [1.54, 1.807) is 0 Å². The molecule has 3 rings (SSSR count). The van der Waals surface area contributed by atoms with Gasteiger partial charge in [-0.05, 0) is 35.4 Å². The smallest absolute Gasteiger partial charge is 0.0642 e. The maximum atomic E-state index is 5.93. The predicted molar refractivity (Wildman–Crippen MR) is 79.9 cm³/mol. The minimum Gasteiger partial charge on any atom is -0.378 e. The normalized spacial score (nSPS) is 15.5. The molecule has 98 valence electrons. The van der Waals surface area contributed by atoms with Crippen LogP contribution >= 0.6 is 11.6 Å². The molecule has 0 amide bonds. The van der Waals surface area contributed by atoms with Gasteiger partial charge in [0.2, 0.25) is 0 Å². The van der Waals surface area contributed by atoms with E-state index in [0.29, 0.717) is 0 Å². The van der Waals surface area contributed by atoms with Crippen LogP contribution in [0.25, 0.3) is 11.1 Å². The molecular weight excluding hydrogens is 258 g/mol. The van der Waals surface area contributed by atoms with E-state index < -0.39 is 0 Å². The number of anilines is 1. The number of morpholine rings is 1. The van der Waals surface area contributed by atoms with Crippen molar-refractivity contribution in [2.24, 2.45) is 0 Å². The first-order valence-electron chi connectivity index (χ1n) is 6.52. The van der Waals surface area contributed by atoms with Gasteiger partial charge in [0, 0.05) is 23.8 Å². The van der Waals surface area contributed by atoms with Gasteiger partial charge in [-0.25, -0.2) is 0 Å². The van der Waals surface area contributed by atoms with Crippen LogP contribution in [0.2, 0.25) is 5.02 Å². The first-order chi connectivity index (χ1) is 9.33. The van der Waals surface area contributed by atoms with E-state index in [-0.39, 0.29) is 0 Å². The van der Waals surface area contributed by atoms with E-state index in [2.05, 4.69) is 41.3 Å². The standard InChI is InChI=1S/C16H16ClNO/c17-15-6-4-13(5-7-15)14-2-1-3-16(12-14)18-8-10-19-11-9-18/h1-7,12H,8-11H2. The van der Waals surface area contributed by atoms with E-state index in [4.69, 9.17) is 16.3 Å². The second-order valence-electron chi connectivity index (χ2n) is 4.66. The molecule has 1 fully saturated rings. The largest absolute Gasteiger partial charge is 0.378 e. The van der Waals surface area contributed by atoms with Crippen molar-refractivity contribution in [1.29, 1.82) is 0 Å². The zero-order chi connectivity index (χ0) is 13.1. The first-order valence-corrected chi connectivity index (χ1v) is 6.89. The van der Waals surface area contributed by atoms with Crippen molar-refractivity contribution in [3.05, 3.63) is 53.6 Å². The monoisotopic (exact) mass is 273 g/mol. The summed E-state index contributed by atoms with van der Waals surface area (Å²) < 4.78 is 5.39. The molecule has 19 heavy (non-hydrogen) atoms. The quantitative estimate of drug-likeness (QED) is 0.824. The molecule has 0 atom stereocenters. The van der Waals surface area contributed by atoms with Crippen molar-refractivity contribution in [3.63, 3.8) is 0 Å². The number of nitrogens with zero attached hydrogens (tertiary/aromatic N) is 1.